The Morgan fingerprint density at radius 2 is 1.48 bits per heavy atom. The zero-order chi connectivity index (χ0) is 22.9. The van der Waals surface area contributed by atoms with Crippen molar-refractivity contribution < 1.29 is 31.8 Å². The van der Waals surface area contributed by atoms with E-state index in [1.54, 1.807) is 0 Å². The smallest absolute Gasteiger partial charge is 0.416 e. The van der Waals surface area contributed by atoms with Gasteiger partial charge in [-0.05, 0) is 82.4 Å². The summed E-state index contributed by atoms with van der Waals surface area (Å²) in [5.74, 6) is 1.83. The van der Waals surface area contributed by atoms with Crippen LogP contribution in [0.25, 0.3) is 0 Å². The van der Waals surface area contributed by atoms with Crippen molar-refractivity contribution in [1.82, 2.24) is 0 Å². The van der Waals surface area contributed by atoms with Gasteiger partial charge in [-0.25, -0.2) is 0 Å². The fraction of sp³-hybridized carbons (Fsp3) is 0.391. The Morgan fingerprint density at radius 1 is 0.903 bits per heavy atom. The first-order chi connectivity index (χ1) is 14.7. The van der Waals surface area contributed by atoms with E-state index in [1.165, 1.54) is 18.2 Å². The lowest BCUT2D eigenvalue weighted by Crippen LogP contribution is -2.08. The second kappa shape index (κ2) is 12.0. The lowest BCUT2D eigenvalue weighted by molar-refractivity contribution is -0.137. The highest BCUT2D eigenvalue weighted by Crippen LogP contribution is 2.32. The molecule has 0 aliphatic carbocycles. The van der Waals surface area contributed by atoms with E-state index in [9.17, 15) is 17.6 Å². The lowest BCUT2D eigenvalue weighted by Gasteiger charge is -2.17. The SMILES string of the molecule is CCc1cc(OC/C=C(/F)Br)cc(CC)c1OCCCOc1ccc(C(F)(F)F)cc1. The fourth-order valence-corrected chi connectivity index (χ4v) is 3.01. The third kappa shape index (κ3) is 8.09. The maximum atomic E-state index is 12.8. The van der Waals surface area contributed by atoms with E-state index >= 15 is 0 Å². The van der Waals surface area contributed by atoms with Crippen LogP contribution in [0.15, 0.2) is 47.2 Å². The van der Waals surface area contributed by atoms with E-state index in [0.717, 1.165) is 41.9 Å². The number of benzene rings is 2. The molecule has 2 aromatic carbocycles. The zero-order valence-corrected chi connectivity index (χ0v) is 19.0. The highest BCUT2D eigenvalue weighted by molar-refractivity contribution is 9.11. The van der Waals surface area contributed by atoms with Crippen LogP contribution in [-0.4, -0.2) is 19.8 Å². The van der Waals surface area contributed by atoms with Gasteiger partial charge in [0.15, 0.2) is 4.74 Å². The lowest BCUT2D eigenvalue weighted by atomic mass is 10.0. The summed E-state index contributed by atoms with van der Waals surface area (Å²) in [6.07, 6.45) is -1.02. The summed E-state index contributed by atoms with van der Waals surface area (Å²) < 4.78 is 67.1. The van der Waals surface area contributed by atoms with Crippen LogP contribution in [0.1, 0.15) is 37.0 Å². The minimum atomic E-state index is -4.36. The van der Waals surface area contributed by atoms with Gasteiger partial charge < -0.3 is 14.2 Å². The molecule has 0 spiro atoms. The average molecular weight is 505 g/mol. The molecular weight excluding hydrogens is 480 g/mol. The summed E-state index contributed by atoms with van der Waals surface area (Å²) in [5, 5.41) is 0. The van der Waals surface area contributed by atoms with Crippen molar-refractivity contribution >= 4 is 15.9 Å². The van der Waals surface area contributed by atoms with Crippen molar-refractivity contribution in [3.8, 4) is 17.2 Å². The molecule has 0 aliphatic rings. The first-order valence-corrected chi connectivity index (χ1v) is 10.8. The van der Waals surface area contributed by atoms with Crippen LogP contribution in [0.3, 0.4) is 0 Å². The van der Waals surface area contributed by atoms with Gasteiger partial charge in [-0.1, -0.05) is 13.8 Å². The molecular formula is C23H25BrF4O3. The molecule has 31 heavy (non-hydrogen) atoms. The first-order valence-electron chi connectivity index (χ1n) is 9.97. The monoisotopic (exact) mass is 504 g/mol. The van der Waals surface area contributed by atoms with Gasteiger partial charge in [0.1, 0.15) is 23.9 Å². The molecule has 0 unspecified atom stereocenters. The molecule has 0 saturated carbocycles. The Bertz CT molecular complexity index is 835. The standard InChI is InChI=1S/C23H25BrF4O3/c1-3-16-14-20(30-13-10-21(24)25)15-17(4-2)22(16)31-12-5-11-29-19-8-6-18(7-9-19)23(26,27)28/h6-10,14-15H,3-5,11-13H2,1-2H3/b21-10+. The first kappa shape index (κ1) is 25.0. The fourth-order valence-electron chi connectivity index (χ4n) is 2.88. The number of hydrogen-bond acceptors (Lipinski definition) is 3. The molecule has 0 bridgehead atoms. The molecule has 3 nitrogen and oxygen atoms in total. The minimum Gasteiger partial charge on any atom is -0.493 e. The molecule has 8 heteroatoms. The maximum Gasteiger partial charge on any atom is 0.416 e. The van der Waals surface area contributed by atoms with Crippen molar-refractivity contribution in [3.05, 3.63) is 63.9 Å². The molecule has 0 saturated heterocycles. The predicted molar refractivity (Wildman–Crippen MR) is 116 cm³/mol. The van der Waals surface area contributed by atoms with Crippen LogP contribution in [0, 0.1) is 0 Å². The number of aryl methyl sites for hydroxylation is 2. The van der Waals surface area contributed by atoms with Crippen LogP contribution in [0.5, 0.6) is 17.2 Å². The number of hydrogen-bond donors (Lipinski definition) is 0. The molecule has 0 atom stereocenters. The normalized spacial score (nSPS) is 12.0. The second-order valence-electron chi connectivity index (χ2n) is 6.66. The van der Waals surface area contributed by atoms with Gasteiger partial charge in [-0.2, -0.15) is 17.6 Å². The summed E-state index contributed by atoms with van der Waals surface area (Å²) >= 11 is 2.72. The maximum absolute atomic E-state index is 12.8. The predicted octanol–water partition coefficient (Wildman–Crippen LogP) is 7.26. The van der Waals surface area contributed by atoms with Crippen LogP contribution in [-0.2, 0) is 19.0 Å². The molecule has 0 radical (unpaired) electrons. The molecule has 0 aromatic heterocycles. The Morgan fingerprint density at radius 3 is 2.00 bits per heavy atom. The Balaban J connectivity index is 1.90. The van der Waals surface area contributed by atoms with Gasteiger partial charge in [0, 0.05) is 6.42 Å². The van der Waals surface area contributed by atoms with Crippen LogP contribution in [0.2, 0.25) is 0 Å². The van der Waals surface area contributed by atoms with Crippen molar-refractivity contribution in [3.63, 3.8) is 0 Å². The van der Waals surface area contributed by atoms with Gasteiger partial charge in [0.05, 0.1) is 18.8 Å². The van der Waals surface area contributed by atoms with E-state index in [2.05, 4.69) is 15.9 Å². The van der Waals surface area contributed by atoms with Gasteiger partial charge in [-0.15, -0.1) is 0 Å². The number of rotatable bonds is 11. The van der Waals surface area contributed by atoms with E-state index in [1.807, 2.05) is 26.0 Å². The Hall–Kier alpha value is -2.22. The highest BCUT2D eigenvalue weighted by Gasteiger charge is 2.30. The van der Waals surface area contributed by atoms with Gasteiger partial charge >= 0.3 is 6.18 Å². The molecule has 0 heterocycles. The Kier molecular flexibility index (Phi) is 9.68. The molecule has 0 amide bonds. The largest absolute Gasteiger partial charge is 0.493 e. The van der Waals surface area contributed by atoms with Gasteiger partial charge in [0.2, 0.25) is 0 Å². The van der Waals surface area contributed by atoms with E-state index in [-0.39, 0.29) is 6.61 Å². The van der Waals surface area contributed by atoms with Crippen molar-refractivity contribution in [2.24, 2.45) is 0 Å². The second-order valence-corrected chi connectivity index (χ2v) is 7.41. The summed E-state index contributed by atoms with van der Waals surface area (Å²) in [6, 6.07) is 8.38. The molecule has 170 valence electrons. The van der Waals surface area contributed by atoms with Gasteiger partial charge in [0.25, 0.3) is 0 Å². The number of alkyl halides is 3. The van der Waals surface area contributed by atoms with Crippen molar-refractivity contribution in [2.75, 3.05) is 19.8 Å². The van der Waals surface area contributed by atoms with E-state index in [0.29, 0.717) is 31.1 Å². The topological polar surface area (TPSA) is 27.7 Å². The quantitative estimate of drug-likeness (QED) is 0.238. The van der Waals surface area contributed by atoms with Crippen LogP contribution >= 0.6 is 15.9 Å². The summed E-state index contributed by atoms with van der Waals surface area (Å²) in [6.45, 7) is 4.86. The number of ether oxygens (including phenoxy) is 3. The molecule has 0 N–H and O–H groups in total. The van der Waals surface area contributed by atoms with E-state index in [4.69, 9.17) is 14.2 Å². The molecule has 0 aliphatic heterocycles. The van der Waals surface area contributed by atoms with Crippen LogP contribution < -0.4 is 14.2 Å². The molecule has 2 rings (SSSR count). The van der Waals surface area contributed by atoms with Crippen molar-refractivity contribution in [1.29, 1.82) is 0 Å². The van der Waals surface area contributed by atoms with Crippen LogP contribution in [0.4, 0.5) is 17.6 Å². The molecule has 0 fully saturated rings. The summed E-state index contributed by atoms with van der Waals surface area (Å²) in [4.78, 5) is 0. The van der Waals surface area contributed by atoms with Crippen molar-refractivity contribution in [2.45, 2.75) is 39.3 Å². The third-order valence-electron chi connectivity index (χ3n) is 4.45. The van der Waals surface area contributed by atoms with Gasteiger partial charge in [-0.3, -0.25) is 0 Å². The third-order valence-corrected chi connectivity index (χ3v) is 4.77. The number of halogens is 5. The zero-order valence-electron chi connectivity index (χ0n) is 17.4. The van der Waals surface area contributed by atoms with E-state index < -0.39 is 16.5 Å². The highest BCUT2D eigenvalue weighted by atomic mass is 79.9. The molecule has 2 aromatic rings. The minimum absolute atomic E-state index is 0.116. The summed E-state index contributed by atoms with van der Waals surface area (Å²) in [5.41, 5.74) is 1.27. The Labute approximate surface area is 188 Å². The average Bonchev–Trinajstić information content (AvgIpc) is 2.73. The summed E-state index contributed by atoms with van der Waals surface area (Å²) in [7, 11) is 0.